The summed E-state index contributed by atoms with van der Waals surface area (Å²) in [5.74, 6) is 0.472. The van der Waals surface area contributed by atoms with Gasteiger partial charge in [0.05, 0.1) is 11.9 Å². The molecular formula is C11H12FN3. The molecule has 0 bridgehead atoms. The molecule has 0 amide bonds. The van der Waals surface area contributed by atoms with Crippen LogP contribution >= 0.6 is 0 Å². The van der Waals surface area contributed by atoms with Crippen LogP contribution in [0.5, 0.6) is 0 Å². The molecule has 2 N–H and O–H groups in total. The SMILES string of the molecule is Cn1c(CN)cnc1-c1cccc(F)c1. The highest BCUT2D eigenvalue weighted by atomic mass is 19.1. The Labute approximate surface area is 87.4 Å². The number of hydrogen-bond acceptors (Lipinski definition) is 2. The highest BCUT2D eigenvalue weighted by Crippen LogP contribution is 2.19. The molecule has 2 aromatic rings. The molecule has 0 aliphatic rings. The molecule has 0 fully saturated rings. The third kappa shape index (κ3) is 1.76. The summed E-state index contributed by atoms with van der Waals surface area (Å²) in [5, 5.41) is 0. The largest absolute Gasteiger partial charge is 0.330 e. The molecule has 1 aromatic carbocycles. The highest BCUT2D eigenvalue weighted by molar-refractivity contribution is 5.55. The highest BCUT2D eigenvalue weighted by Gasteiger charge is 2.07. The summed E-state index contributed by atoms with van der Waals surface area (Å²) in [6.07, 6.45) is 1.71. The zero-order valence-corrected chi connectivity index (χ0v) is 8.44. The molecule has 1 heterocycles. The smallest absolute Gasteiger partial charge is 0.139 e. The number of nitrogens with two attached hydrogens (primary N) is 1. The molecule has 4 heteroatoms. The summed E-state index contributed by atoms with van der Waals surface area (Å²) < 4.78 is 14.9. The van der Waals surface area contributed by atoms with Gasteiger partial charge < -0.3 is 10.3 Å². The molecule has 0 aliphatic carbocycles. The van der Waals surface area contributed by atoms with E-state index in [1.807, 2.05) is 17.7 Å². The Hall–Kier alpha value is -1.68. The molecule has 1 aromatic heterocycles. The van der Waals surface area contributed by atoms with E-state index in [0.29, 0.717) is 6.54 Å². The first-order valence-corrected chi connectivity index (χ1v) is 4.69. The molecule has 0 spiro atoms. The molecule has 78 valence electrons. The van der Waals surface area contributed by atoms with Crippen LogP contribution in [0.15, 0.2) is 30.5 Å². The molecule has 0 aliphatic heterocycles. The van der Waals surface area contributed by atoms with Crippen molar-refractivity contribution < 1.29 is 4.39 Å². The maximum Gasteiger partial charge on any atom is 0.139 e. The molecule has 0 radical (unpaired) electrons. The van der Waals surface area contributed by atoms with Crippen molar-refractivity contribution in [3.8, 4) is 11.4 Å². The summed E-state index contributed by atoms with van der Waals surface area (Å²) in [5.41, 5.74) is 7.22. The van der Waals surface area contributed by atoms with Gasteiger partial charge in [-0.25, -0.2) is 9.37 Å². The molecule has 0 saturated carbocycles. The number of aromatic nitrogens is 2. The number of rotatable bonds is 2. The zero-order chi connectivity index (χ0) is 10.8. The van der Waals surface area contributed by atoms with Crippen LogP contribution in [-0.4, -0.2) is 9.55 Å². The van der Waals surface area contributed by atoms with Crippen molar-refractivity contribution in [2.75, 3.05) is 0 Å². The van der Waals surface area contributed by atoms with Crippen LogP contribution in [0.4, 0.5) is 4.39 Å². The van der Waals surface area contributed by atoms with Crippen LogP contribution in [-0.2, 0) is 13.6 Å². The zero-order valence-electron chi connectivity index (χ0n) is 8.44. The predicted molar refractivity (Wildman–Crippen MR) is 56.5 cm³/mol. The average molecular weight is 205 g/mol. The van der Waals surface area contributed by atoms with Gasteiger partial charge in [-0.1, -0.05) is 12.1 Å². The van der Waals surface area contributed by atoms with Crippen molar-refractivity contribution in [2.24, 2.45) is 12.8 Å². The monoisotopic (exact) mass is 205 g/mol. The Morgan fingerprint density at radius 2 is 2.27 bits per heavy atom. The molecule has 0 atom stereocenters. The summed E-state index contributed by atoms with van der Waals surface area (Å²) in [6, 6.07) is 6.37. The molecular weight excluding hydrogens is 193 g/mol. The first-order chi connectivity index (χ1) is 7.22. The minimum atomic E-state index is -0.259. The van der Waals surface area contributed by atoms with Crippen LogP contribution in [0.3, 0.4) is 0 Å². The van der Waals surface area contributed by atoms with Gasteiger partial charge in [-0.15, -0.1) is 0 Å². The lowest BCUT2D eigenvalue weighted by Gasteiger charge is -2.04. The third-order valence-electron chi connectivity index (χ3n) is 2.38. The van der Waals surface area contributed by atoms with Crippen LogP contribution < -0.4 is 5.73 Å². The van der Waals surface area contributed by atoms with Crippen molar-refractivity contribution in [1.82, 2.24) is 9.55 Å². The van der Waals surface area contributed by atoms with Crippen LogP contribution in [0.2, 0.25) is 0 Å². The Morgan fingerprint density at radius 3 is 2.87 bits per heavy atom. The topological polar surface area (TPSA) is 43.8 Å². The Bertz CT molecular complexity index is 476. The maximum absolute atomic E-state index is 13.0. The second-order valence-corrected chi connectivity index (χ2v) is 3.35. The lowest BCUT2D eigenvalue weighted by molar-refractivity contribution is 0.628. The summed E-state index contributed by atoms with van der Waals surface area (Å²) in [6.45, 7) is 0.429. The molecule has 3 nitrogen and oxygen atoms in total. The Balaban J connectivity index is 2.49. The lowest BCUT2D eigenvalue weighted by Crippen LogP contribution is -2.04. The van der Waals surface area contributed by atoms with E-state index in [1.165, 1.54) is 12.1 Å². The third-order valence-corrected chi connectivity index (χ3v) is 2.38. The summed E-state index contributed by atoms with van der Waals surface area (Å²) >= 11 is 0. The molecule has 15 heavy (non-hydrogen) atoms. The van der Waals surface area contributed by atoms with Gasteiger partial charge in [0.2, 0.25) is 0 Å². The quantitative estimate of drug-likeness (QED) is 0.810. The number of imidazole rings is 1. The van der Waals surface area contributed by atoms with Crippen LogP contribution in [0.1, 0.15) is 5.69 Å². The van der Waals surface area contributed by atoms with E-state index in [0.717, 1.165) is 17.1 Å². The minimum absolute atomic E-state index is 0.259. The molecule has 0 saturated heterocycles. The van der Waals surface area contributed by atoms with E-state index in [-0.39, 0.29) is 5.82 Å². The van der Waals surface area contributed by atoms with Crippen LogP contribution in [0.25, 0.3) is 11.4 Å². The van der Waals surface area contributed by atoms with Gasteiger partial charge in [0, 0.05) is 19.2 Å². The van der Waals surface area contributed by atoms with Gasteiger partial charge in [-0.3, -0.25) is 0 Å². The minimum Gasteiger partial charge on any atom is -0.330 e. The molecule has 2 rings (SSSR count). The fraction of sp³-hybridized carbons (Fsp3) is 0.182. The first-order valence-electron chi connectivity index (χ1n) is 4.69. The van der Waals surface area contributed by atoms with Gasteiger partial charge in [0.15, 0.2) is 0 Å². The second kappa shape index (κ2) is 3.82. The predicted octanol–water partition coefficient (Wildman–Crippen LogP) is 1.68. The van der Waals surface area contributed by atoms with Crippen molar-refractivity contribution in [2.45, 2.75) is 6.54 Å². The Kier molecular flexibility index (Phi) is 2.51. The van der Waals surface area contributed by atoms with E-state index in [1.54, 1.807) is 12.3 Å². The van der Waals surface area contributed by atoms with Gasteiger partial charge >= 0.3 is 0 Å². The molecule has 0 unspecified atom stereocenters. The number of benzene rings is 1. The van der Waals surface area contributed by atoms with Crippen molar-refractivity contribution in [3.05, 3.63) is 42.0 Å². The van der Waals surface area contributed by atoms with Crippen LogP contribution in [0, 0.1) is 5.82 Å². The number of hydrogen-bond donors (Lipinski definition) is 1. The summed E-state index contributed by atoms with van der Waals surface area (Å²) in [4.78, 5) is 4.21. The normalized spacial score (nSPS) is 10.6. The Morgan fingerprint density at radius 1 is 1.47 bits per heavy atom. The van der Waals surface area contributed by atoms with Crippen molar-refractivity contribution >= 4 is 0 Å². The van der Waals surface area contributed by atoms with E-state index in [4.69, 9.17) is 5.73 Å². The van der Waals surface area contributed by atoms with Gasteiger partial charge in [-0.2, -0.15) is 0 Å². The van der Waals surface area contributed by atoms with Crippen molar-refractivity contribution in [3.63, 3.8) is 0 Å². The fourth-order valence-corrected chi connectivity index (χ4v) is 1.53. The fourth-order valence-electron chi connectivity index (χ4n) is 1.53. The second-order valence-electron chi connectivity index (χ2n) is 3.35. The summed E-state index contributed by atoms with van der Waals surface area (Å²) in [7, 11) is 1.87. The van der Waals surface area contributed by atoms with E-state index < -0.39 is 0 Å². The first kappa shape index (κ1) is 9.86. The standard InChI is InChI=1S/C11H12FN3/c1-15-10(6-13)7-14-11(15)8-3-2-4-9(12)5-8/h2-5,7H,6,13H2,1H3. The van der Waals surface area contributed by atoms with Gasteiger partial charge in [0.25, 0.3) is 0 Å². The maximum atomic E-state index is 13.0. The van der Waals surface area contributed by atoms with Gasteiger partial charge in [-0.05, 0) is 12.1 Å². The average Bonchev–Trinajstić information content (AvgIpc) is 2.59. The number of nitrogens with zero attached hydrogens (tertiary/aromatic N) is 2. The lowest BCUT2D eigenvalue weighted by atomic mass is 10.2. The van der Waals surface area contributed by atoms with E-state index >= 15 is 0 Å². The van der Waals surface area contributed by atoms with E-state index in [2.05, 4.69) is 4.98 Å². The van der Waals surface area contributed by atoms with Crippen molar-refractivity contribution in [1.29, 1.82) is 0 Å². The number of halogens is 1. The van der Waals surface area contributed by atoms with Gasteiger partial charge in [0.1, 0.15) is 11.6 Å². The van der Waals surface area contributed by atoms with E-state index in [9.17, 15) is 4.39 Å².